The number of nitrogens with zero attached hydrogens (tertiary/aromatic N) is 1. The van der Waals surface area contributed by atoms with Gasteiger partial charge in [-0.15, -0.1) is 0 Å². The Morgan fingerprint density at radius 2 is 1.61 bits per heavy atom. The Hall–Kier alpha value is -1.82. The number of carbonyl (C=O) groups excluding carboxylic acids is 2. The van der Waals surface area contributed by atoms with Gasteiger partial charge in [-0.1, -0.05) is 45.2 Å². The first-order valence-corrected chi connectivity index (χ1v) is 8.09. The summed E-state index contributed by atoms with van der Waals surface area (Å²) in [7, 11) is 0. The standard InChI is InChI=1S/C16H9BrCl2N2O2/c17-9-4-6-10(7-5-9)21-16(23)12(15(22)20-21)8-11-13(18)2-1-3-14(11)19/h1-8H,(H,20,22)/b12-8+. The third kappa shape index (κ3) is 3.13. The van der Waals surface area contributed by atoms with Gasteiger partial charge in [0.2, 0.25) is 0 Å². The molecule has 4 nitrogen and oxygen atoms in total. The van der Waals surface area contributed by atoms with Crippen molar-refractivity contribution in [1.82, 2.24) is 5.43 Å². The molecule has 23 heavy (non-hydrogen) atoms. The molecule has 0 aromatic heterocycles. The van der Waals surface area contributed by atoms with Gasteiger partial charge < -0.3 is 0 Å². The lowest BCUT2D eigenvalue weighted by Crippen LogP contribution is -2.35. The third-order valence-corrected chi connectivity index (χ3v) is 4.45. The van der Waals surface area contributed by atoms with E-state index in [0.29, 0.717) is 21.3 Å². The molecule has 0 saturated carbocycles. The number of nitrogens with one attached hydrogen (secondary N) is 1. The fourth-order valence-electron chi connectivity index (χ4n) is 2.12. The Bertz CT molecular complexity index is 814. The van der Waals surface area contributed by atoms with Crippen molar-refractivity contribution in [3.63, 3.8) is 0 Å². The van der Waals surface area contributed by atoms with Crippen molar-refractivity contribution in [2.75, 3.05) is 5.01 Å². The molecule has 1 heterocycles. The van der Waals surface area contributed by atoms with Crippen LogP contribution < -0.4 is 10.4 Å². The lowest BCUT2D eigenvalue weighted by molar-refractivity contribution is -0.117. The van der Waals surface area contributed by atoms with Gasteiger partial charge in [0, 0.05) is 20.1 Å². The first-order chi connectivity index (χ1) is 11.0. The Kier molecular flexibility index (Phi) is 4.43. The molecular weight excluding hydrogens is 403 g/mol. The monoisotopic (exact) mass is 410 g/mol. The highest BCUT2D eigenvalue weighted by Gasteiger charge is 2.34. The van der Waals surface area contributed by atoms with Gasteiger partial charge in [0.25, 0.3) is 11.8 Å². The molecule has 7 heteroatoms. The summed E-state index contributed by atoms with van der Waals surface area (Å²) >= 11 is 15.5. The highest BCUT2D eigenvalue weighted by Crippen LogP contribution is 2.29. The van der Waals surface area contributed by atoms with Crippen molar-refractivity contribution in [3.8, 4) is 0 Å². The van der Waals surface area contributed by atoms with Crippen molar-refractivity contribution >= 4 is 62.7 Å². The van der Waals surface area contributed by atoms with E-state index < -0.39 is 11.8 Å². The minimum absolute atomic E-state index is 0.0251. The van der Waals surface area contributed by atoms with E-state index in [0.717, 1.165) is 4.47 Å². The molecule has 3 rings (SSSR count). The van der Waals surface area contributed by atoms with Gasteiger partial charge in [-0.05, 0) is 42.5 Å². The van der Waals surface area contributed by atoms with E-state index in [-0.39, 0.29) is 5.57 Å². The molecule has 0 spiro atoms. The fraction of sp³-hybridized carbons (Fsp3) is 0. The third-order valence-electron chi connectivity index (χ3n) is 3.26. The summed E-state index contributed by atoms with van der Waals surface area (Å²) in [6.07, 6.45) is 1.40. The van der Waals surface area contributed by atoms with Gasteiger partial charge in [-0.2, -0.15) is 0 Å². The summed E-state index contributed by atoms with van der Waals surface area (Å²) in [4.78, 5) is 24.6. The van der Waals surface area contributed by atoms with Crippen LogP contribution in [0, 0.1) is 0 Å². The van der Waals surface area contributed by atoms with Crippen LogP contribution in [0.2, 0.25) is 10.0 Å². The van der Waals surface area contributed by atoms with E-state index >= 15 is 0 Å². The van der Waals surface area contributed by atoms with Crippen molar-refractivity contribution in [2.45, 2.75) is 0 Å². The average Bonchev–Trinajstić information content (AvgIpc) is 2.79. The molecule has 1 aliphatic heterocycles. The summed E-state index contributed by atoms with van der Waals surface area (Å²) in [6, 6.07) is 12.0. The largest absolute Gasteiger partial charge is 0.282 e. The highest BCUT2D eigenvalue weighted by molar-refractivity contribution is 9.10. The zero-order valence-electron chi connectivity index (χ0n) is 11.5. The number of rotatable bonds is 2. The second-order valence-electron chi connectivity index (χ2n) is 4.75. The number of hydrogen-bond acceptors (Lipinski definition) is 2. The Morgan fingerprint density at radius 3 is 2.22 bits per heavy atom. The minimum Gasteiger partial charge on any atom is -0.267 e. The second kappa shape index (κ2) is 6.35. The van der Waals surface area contributed by atoms with Gasteiger partial charge in [-0.3, -0.25) is 15.0 Å². The first kappa shape index (κ1) is 16.1. The predicted molar refractivity (Wildman–Crippen MR) is 94.2 cm³/mol. The van der Waals surface area contributed by atoms with Crippen molar-refractivity contribution < 1.29 is 9.59 Å². The summed E-state index contributed by atoms with van der Waals surface area (Å²) in [6.45, 7) is 0. The summed E-state index contributed by atoms with van der Waals surface area (Å²) < 4.78 is 0.873. The van der Waals surface area contributed by atoms with Gasteiger partial charge in [-0.25, -0.2) is 5.01 Å². The molecule has 2 aromatic rings. The molecule has 1 aliphatic rings. The van der Waals surface area contributed by atoms with E-state index in [1.807, 2.05) is 0 Å². The summed E-state index contributed by atoms with van der Waals surface area (Å²) in [5, 5.41) is 1.92. The molecule has 2 aromatic carbocycles. The minimum atomic E-state index is -0.506. The zero-order valence-corrected chi connectivity index (χ0v) is 14.6. The molecule has 0 atom stereocenters. The number of anilines is 1. The lowest BCUT2D eigenvalue weighted by Gasteiger charge is -2.14. The van der Waals surface area contributed by atoms with Crippen LogP contribution in [0.15, 0.2) is 52.5 Å². The molecule has 0 aliphatic carbocycles. The number of halogens is 3. The number of amides is 2. The molecular formula is C16H9BrCl2N2O2. The molecule has 0 radical (unpaired) electrons. The van der Waals surface area contributed by atoms with Crippen molar-refractivity contribution in [2.24, 2.45) is 0 Å². The molecule has 116 valence electrons. The number of benzene rings is 2. The van der Waals surface area contributed by atoms with Crippen LogP contribution in [0.5, 0.6) is 0 Å². The summed E-state index contributed by atoms with van der Waals surface area (Å²) in [5.41, 5.74) is 3.49. The van der Waals surface area contributed by atoms with E-state index in [1.54, 1.807) is 42.5 Å². The lowest BCUT2D eigenvalue weighted by atomic mass is 10.1. The quantitative estimate of drug-likeness (QED) is 0.594. The smallest absolute Gasteiger partial charge is 0.267 e. The SMILES string of the molecule is O=C1NN(c2ccc(Br)cc2)C(=O)/C1=C/c1c(Cl)cccc1Cl. The van der Waals surface area contributed by atoms with Crippen LogP contribution in [0.4, 0.5) is 5.69 Å². The van der Waals surface area contributed by atoms with Crippen molar-refractivity contribution in [1.29, 1.82) is 0 Å². The number of hydrazine groups is 1. The average molecular weight is 412 g/mol. The first-order valence-electron chi connectivity index (χ1n) is 6.54. The topological polar surface area (TPSA) is 49.4 Å². The van der Waals surface area contributed by atoms with Crippen LogP contribution >= 0.6 is 39.1 Å². The molecule has 1 fully saturated rings. The van der Waals surface area contributed by atoms with Crippen LogP contribution in [0.25, 0.3) is 6.08 Å². The van der Waals surface area contributed by atoms with Gasteiger partial charge in [0.15, 0.2) is 0 Å². The van der Waals surface area contributed by atoms with E-state index in [2.05, 4.69) is 21.4 Å². The van der Waals surface area contributed by atoms with Crippen LogP contribution in [-0.4, -0.2) is 11.8 Å². The second-order valence-corrected chi connectivity index (χ2v) is 6.48. The van der Waals surface area contributed by atoms with E-state index in [1.165, 1.54) is 11.1 Å². The molecule has 1 N–H and O–H groups in total. The predicted octanol–water partition coefficient (Wildman–Crippen LogP) is 4.22. The molecule has 2 amide bonds. The molecule has 0 unspecified atom stereocenters. The van der Waals surface area contributed by atoms with Gasteiger partial charge in [0.1, 0.15) is 5.57 Å². The molecule has 0 bridgehead atoms. The van der Waals surface area contributed by atoms with E-state index in [9.17, 15) is 9.59 Å². The van der Waals surface area contributed by atoms with Crippen molar-refractivity contribution in [3.05, 3.63) is 68.1 Å². The normalized spacial score (nSPS) is 16.1. The maximum Gasteiger partial charge on any atom is 0.282 e. The Labute approximate surface area is 150 Å². The maximum atomic E-state index is 12.5. The maximum absolute atomic E-state index is 12.5. The van der Waals surface area contributed by atoms with Crippen LogP contribution in [-0.2, 0) is 9.59 Å². The van der Waals surface area contributed by atoms with Gasteiger partial charge in [0.05, 0.1) is 5.69 Å². The highest BCUT2D eigenvalue weighted by atomic mass is 79.9. The number of carbonyl (C=O) groups is 2. The summed E-state index contributed by atoms with van der Waals surface area (Å²) in [5.74, 6) is -0.970. The Morgan fingerprint density at radius 1 is 1.00 bits per heavy atom. The van der Waals surface area contributed by atoms with Crippen LogP contribution in [0.3, 0.4) is 0 Å². The van der Waals surface area contributed by atoms with Gasteiger partial charge >= 0.3 is 0 Å². The number of hydrogen-bond donors (Lipinski definition) is 1. The van der Waals surface area contributed by atoms with Crippen LogP contribution in [0.1, 0.15) is 5.56 Å². The fourth-order valence-corrected chi connectivity index (χ4v) is 2.89. The zero-order chi connectivity index (χ0) is 16.6. The molecule has 1 saturated heterocycles. The Balaban J connectivity index is 1.99. The van der Waals surface area contributed by atoms with E-state index in [4.69, 9.17) is 23.2 Å².